The third-order valence-electron chi connectivity index (χ3n) is 4.15. The quantitative estimate of drug-likeness (QED) is 0.932. The van der Waals surface area contributed by atoms with E-state index in [0.717, 1.165) is 18.1 Å². The average Bonchev–Trinajstić information content (AvgIpc) is 2.88. The van der Waals surface area contributed by atoms with Crippen molar-refractivity contribution in [3.8, 4) is 0 Å². The Hall–Kier alpha value is -2.21. The molecule has 0 saturated carbocycles. The molecule has 0 saturated heterocycles. The molecule has 122 valence electrons. The molecular weight excluding hydrogens is 295 g/mol. The van der Waals surface area contributed by atoms with Crippen LogP contribution >= 0.6 is 0 Å². The van der Waals surface area contributed by atoms with Gasteiger partial charge in [-0.15, -0.1) is 0 Å². The van der Waals surface area contributed by atoms with Crippen LogP contribution in [0.2, 0.25) is 0 Å². The van der Waals surface area contributed by atoms with Crippen molar-refractivity contribution in [1.82, 2.24) is 14.5 Å². The summed E-state index contributed by atoms with van der Waals surface area (Å²) < 4.78 is 15.7. The van der Waals surface area contributed by atoms with Crippen LogP contribution in [0.15, 0.2) is 30.5 Å². The molecule has 0 unspecified atom stereocenters. The fourth-order valence-corrected chi connectivity index (χ4v) is 2.98. The predicted molar refractivity (Wildman–Crippen MR) is 85.1 cm³/mol. The highest BCUT2D eigenvalue weighted by atomic mass is 19.1. The molecule has 1 aromatic heterocycles. The first kappa shape index (κ1) is 15.7. The van der Waals surface area contributed by atoms with Gasteiger partial charge in [-0.1, -0.05) is 18.2 Å². The van der Waals surface area contributed by atoms with E-state index in [-0.39, 0.29) is 24.2 Å². The van der Waals surface area contributed by atoms with Crippen molar-refractivity contribution in [1.29, 1.82) is 0 Å². The summed E-state index contributed by atoms with van der Waals surface area (Å²) in [5.74, 6) is 0.636. The average molecular weight is 316 g/mol. The molecule has 1 aromatic carbocycles. The van der Waals surface area contributed by atoms with Gasteiger partial charge in [0.25, 0.3) is 0 Å². The van der Waals surface area contributed by atoms with Gasteiger partial charge in [-0.2, -0.15) is 0 Å². The van der Waals surface area contributed by atoms with Gasteiger partial charge >= 0.3 is 0 Å². The van der Waals surface area contributed by atoms with Crippen LogP contribution in [0.25, 0.3) is 0 Å². The van der Waals surface area contributed by atoms with E-state index in [0.29, 0.717) is 25.1 Å². The lowest BCUT2D eigenvalue weighted by molar-refractivity contribution is -0.133. The molecule has 1 amide bonds. The van der Waals surface area contributed by atoms with E-state index in [9.17, 15) is 9.18 Å². The number of nitrogens with zero attached hydrogens (tertiary/aromatic N) is 3. The molecule has 23 heavy (non-hydrogen) atoms. The third kappa shape index (κ3) is 3.59. The normalized spacial score (nSPS) is 15.3. The number of hydrogen-bond donors (Lipinski definition) is 1. The van der Waals surface area contributed by atoms with Gasteiger partial charge < -0.3 is 15.2 Å². The van der Waals surface area contributed by atoms with Crippen molar-refractivity contribution in [2.24, 2.45) is 5.73 Å². The van der Waals surface area contributed by atoms with Gasteiger partial charge in [-0.25, -0.2) is 9.37 Å². The molecule has 0 aliphatic carbocycles. The number of benzene rings is 1. The summed E-state index contributed by atoms with van der Waals surface area (Å²) in [7, 11) is 0. The van der Waals surface area contributed by atoms with Crippen molar-refractivity contribution >= 4 is 5.91 Å². The minimum Gasteiger partial charge on any atom is -0.333 e. The summed E-state index contributed by atoms with van der Waals surface area (Å²) in [5.41, 5.74) is 7.56. The number of aromatic nitrogens is 2. The van der Waals surface area contributed by atoms with Crippen molar-refractivity contribution in [2.75, 3.05) is 6.54 Å². The Labute approximate surface area is 134 Å². The van der Waals surface area contributed by atoms with E-state index < -0.39 is 0 Å². The molecule has 3 rings (SSSR count). The number of aryl methyl sites for hydroxylation is 1. The monoisotopic (exact) mass is 316 g/mol. The van der Waals surface area contributed by atoms with Gasteiger partial charge in [-0.05, 0) is 25.0 Å². The van der Waals surface area contributed by atoms with Crippen LogP contribution in [-0.2, 0) is 24.3 Å². The van der Waals surface area contributed by atoms with Crippen molar-refractivity contribution in [3.63, 3.8) is 0 Å². The molecule has 6 heteroatoms. The fourth-order valence-electron chi connectivity index (χ4n) is 2.98. The van der Waals surface area contributed by atoms with Crippen LogP contribution in [0, 0.1) is 12.7 Å². The largest absolute Gasteiger partial charge is 0.333 e. The Kier molecular flexibility index (Phi) is 4.43. The summed E-state index contributed by atoms with van der Waals surface area (Å²) in [4.78, 5) is 18.6. The van der Waals surface area contributed by atoms with E-state index in [1.165, 1.54) is 6.07 Å². The van der Waals surface area contributed by atoms with Crippen LogP contribution in [0.1, 0.15) is 23.5 Å². The van der Waals surface area contributed by atoms with E-state index in [1.54, 1.807) is 23.1 Å². The van der Waals surface area contributed by atoms with E-state index >= 15 is 0 Å². The first-order valence-corrected chi connectivity index (χ1v) is 7.82. The van der Waals surface area contributed by atoms with Crippen LogP contribution in [-0.4, -0.2) is 32.9 Å². The zero-order chi connectivity index (χ0) is 16.4. The summed E-state index contributed by atoms with van der Waals surface area (Å²) in [6.45, 7) is 3.87. The van der Waals surface area contributed by atoms with Crippen molar-refractivity contribution in [2.45, 2.75) is 38.9 Å². The highest BCUT2D eigenvalue weighted by Gasteiger charge is 2.23. The molecule has 2 heterocycles. The molecule has 5 nitrogen and oxygen atoms in total. The number of carbonyl (C=O) groups excluding carboxylic acids is 1. The zero-order valence-electron chi connectivity index (χ0n) is 13.2. The zero-order valence-corrected chi connectivity index (χ0v) is 13.2. The predicted octanol–water partition coefficient (Wildman–Crippen LogP) is 1.63. The topological polar surface area (TPSA) is 64.2 Å². The van der Waals surface area contributed by atoms with Crippen LogP contribution in [0.4, 0.5) is 4.39 Å². The third-order valence-corrected chi connectivity index (χ3v) is 4.15. The van der Waals surface area contributed by atoms with Crippen molar-refractivity contribution < 1.29 is 9.18 Å². The molecule has 0 spiro atoms. The molecule has 2 N–H and O–H groups in total. The van der Waals surface area contributed by atoms with E-state index in [2.05, 4.69) is 9.55 Å². The van der Waals surface area contributed by atoms with Crippen molar-refractivity contribution in [3.05, 3.63) is 53.4 Å². The number of halogens is 1. The van der Waals surface area contributed by atoms with Crippen LogP contribution in [0.3, 0.4) is 0 Å². The highest BCUT2D eigenvalue weighted by Crippen LogP contribution is 2.15. The molecular formula is C17H21FN4O. The lowest BCUT2D eigenvalue weighted by atomic mass is 10.0. The van der Waals surface area contributed by atoms with Gasteiger partial charge in [0.2, 0.25) is 5.91 Å². The summed E-state index contributed by atoms with van der Waals surface area (Å²) >= 11 is 0. The molecule has 1 atom stereocenters. The lowest BCUT2D eigenvalue weighted by Gasteiger charge is -2.28. The smallest absolute Gasteiger partial charge is 0.224 e. The number of nitrogens with two attached hydrogens (primary N) is 1. The Balaban J connectivity index is 1.58. The maximum Gasteiger partial charge on any atom is 0.224 e. The lowest BCUT2D eigenvalue weighted by Crippen LogP contribution is -2.41. The van der Waals surface area contributed by atoms with Gasteiger partial charge in [0.05, 0.1) is 12.2 Å². The Morgan fingerprint density at radius 1 is 1.39 bits per heavy atom. The standard InChI is InChI=1S/C17H21FN4O/c1-12-10-21-6-7-22(11-16(21)20-12)17(23)9-14(19)8-13-4-2-3-5-15(13)18/h2-5,10,14H,6-9,11,19H2,1H3/t14-/m1/s1. The Morgan fingerprint density at radius 2 is 2.17 bits per heavy atom. The van der Waals surface area contributed by atoms with Crippen LogP contribution < -0.4 is 5.73 Å². The maximum absolute atomic E-state index is 13.6. The van der Waals surface area contributed by atoms with E-state index in [4.69, 9.17) is 5.73 Å². The minimum atomic E-state index is -0.386. The summed E-state index contributed by atoms with van der Waals surface area (Å²) in [5, 5.41) is 0. The number of imidazole rings is 1. The minimum absolute atomic E-state index is 0.000687. The summed E-state index contributed by atoms with van der Waals surface area (Å²) in [6.07, 6.45) is 2.58. The first-order chi connectivity index (χ1) is 11.0. The van der Waals surface area contributed by atoms with Gasteiger partial charge in [-0.3, -0.25) is 4.79 Å². The van der Waals surface area contributed by atoms with Gasteiger partial charge in [0, 0.05) is 31.7 Å². The number of rotatable bonds is 4. The number of carbonyl (C=O) groups is 1. The maximum atomic E-state index is 13.6. The molecule has 1 aliphatic heterocycles. The Morgan fingerprint density at radius 3 is 2.96 bits per heavy atom. The summed E-state index contributed by atoms with van der Waals surface area (Å²) in [6, 6.07) is 6.16. The van der Waals surface area contributed by atoms with Crippen LogP contribution in [0.5, 0.6) is 0 Å². The molecule has 2 aromatic rings. The second kappa shape index (κ2) is 6.50. The Bertz CT molecular complexity index is 712. The number of fused-ring (bicyclic) bond motifs is 1. The highest BCUT2D eigenvalue weighted by molar-refractivity contribution is 5.76. The molecule has 0 radical (unpaired) electrons. The second-order valence-electron chi connectivity index (χ2n) is 6.07. The van der Waals surface area contributed by atoms with E-state index in [1.807, 2.05) is 13.1 Å². The molecule has 0 bridgehead atoms. The molecule has 1 aliphatic rings. The molecule has 0 fully saturated rings. The SMILES string of the molecule is Cc1cn2c(n1)CN(C(=O)C[C@H](N)Cc1ccccc1F)CC2. The fraction of sp³-hybridized carbons (Fsp3) is 0.412. The number of amides is 1. The number of hydrogen-bond acceptors (Lipinski definition) is 3. The van der Waals surface area contributed by atoms with Gasteiger partial charge in [0.15, 0.2) is 0 Å². The van der Waals surface area contributed by atoms with Gasteiger partial charge in [0.1, 0.15) is 11.6 Å². The second-order valence-corrected chi connectivity index (χ2v) is 6.07. The first-order valence-electron chi connectivity index (χ1n) is 7.82.